The maximum atomic E-state index is 13.5. The Morgan fingerprint density at radius 2 is 2.15 bits per heavy atom. The van der Waals surface area contributed by atoms with Crippen molar-refractivity contribution >= 4 is 11.7 Å². The number of halogens is 1. The van der Waals surface area contributed by atoms with E-state index in [1.165, 1.54) is 12.1 Å². The quantitative estimate of drug-likeness (QED) is 0.782. The Hall–Kier alpha value is -2.90. The number of nitrogens with zero attached hydrogens (tertiary/aromatic N) is 4. The molecule has 8 heteroatoms. The summed E-state index contributed by atoms with van der Waals surface area (Å²) in [5.74, 6) is 0.517. The predicted octanol–water partition coefficient (Wildman–Crippen LogP) is 1.74. The van der Waals surface area contributed by atoms with E-state index < -0.39 is 5.82 Å². The first-order valence-electron chi connectivity index (χ1n) is 8.34. The molecule has 0 spiro atoms. The zero-order valence-corrected chi connectivity index (χ0v) is 14.8. The number of hydrogen-bond donors (Lipinski definition) is 0. The highest BCUT2D eigenvalue weighted by Crippen LogP contribution is 2.19. The van der Waals surface area contributed by atoms with Crippen LogP contribution in [0.1, 0.15) is 6.42 Å². The van der Waals surface area contributed by atoms with Crippen molar-refractivity contribution in [2.45, 2.75) is 12.5 Å². The first-order chi connectivity index (χ1) is 12.5. The summed E-state index contributed by atoms with van der Waals surface area (Å²) in [5, 5.41) is 0. The Labute approximate surface area is 151 Å². The van der Waals surface area contributed by atoms with Gasteiger partial charge in [0.25, 0.3) is 5.91 Å². The van der Waals surface area contributed by atoms with Crippen molar-refractivity contribution in [3.05, 3.63) is 42.5 Å². The van der Waals surface area contributed by atoms with E-state index in [0.717, 1.165) is 0 Å². The highest BCUT2D eigenvalue weighted by molar-refractivity contribution is 5.78. The molecule has 0 bridgehead atoms. The zero-order chi connectivity index (χ0) is 18.5. The van der Waals surface area contributed by atoms with Gasteiger partial charge in [-0.2, -0.15) is 4.98 Å². The van der Waals surface area contributed by atoms with E-state index in [9.17, 15) is 9.18 Å². The lowest BCUT2D eigenvalue weighted by molar-refractivity contribution is -0.132. The number of anilines is 1. The average molecular weight is 360 g/mol. The standard InChI is InChI=1S/C18H21FN4O3/c1-22(2)16-9-20-10-17(21-16)26-13-7-8-23(11-13)18(24)12-25-15-6-4-3-5-14(15)19/h3-6,9-10,13H,7-8,11-12H2,1-2H3/t13-/m1/s1. The molecule has 1 aromatic heterocycles. The molecule has 2 aromatic rings. The number of aromatic nitrogens is 2. The Balaban J connectivity index is 1.51. The normalized spacial score (nSPS) is 16.4. The third kappa shape index (κ3) is 4.38. The van der Waals surface area contributed by atoms with E-state index in [-0.39, 0.29) is 24.4 Å². The third-order valence-electron chi connectivity index (χ3n) is 4.03. The van der Waals surface area contributed by atoms with Crippen LogP contribution in [0.5, 0.6) is 11.6 Å². The number of carbonyl (C=O) groups is 1. The monoisotopic (exact) mass is 360 g/mol. The molecule has 1 aliphatic heterocycles. The van der Waals surface area contributed by atoms with Gasteiger partial charge in [0.1, 0.15) is 6.10 Å². The van der Waals surface area contributed by atoms with Gasteiger partial charge in [-0.25, -0.2) is 4.39 Å². The van der Waals surface area contributed by atoms with E-state index in [4.69, 9.17) is 9.47 Å². The molecule has 0 radical (unpaired) electrons. The lowest BCUT2D eigenvalue weighted by Gasteiger charge is -2.18. The molecular weight excluding hydrogens is 339 g/mol. The van der Waals surface area contributed by atoms with E-state index >= 15 is 0 Å². The Bertz CT molecular complexity index is 772. The van der Waals surface area contributed by atoms with Crippen molar-refractivity contribution in [3.8, 4) is 11.6 Å². The molecule has 7 nitrogen and oxygen atoms in total. The number of para-hydroxylation sites is 1. The van der Waals surface area contributed by atoms with E-state index in [2.05, 4.69) is 9.97 Å². The van der Waals surface area contributed by atoms with Crippen LogP contribution in [0.15, 0.2) is 36.7 Å². The van der Waals surface area contributed by atoms with Crippen LogP contribution in [-0.2, 0) is 4.79 Å². The van der Waals surface area contributed by atoms with Crippen molar-refractivity contribution < 1.29 is 18.7 Å². The molecule has 1 aromatic carbocycles. The minimum absolute atomic E-state index is 0.0728. The molecule has 1 amide bonds. The molecule has 3 rings (SSSR count). The molecule has 2 heterocycles. The van der Waals surface area contributed by atoms with Gasteiger partial charge in [0.15, 0.2) is 24.0 Å². The van der Waals surface area contributed by atoms with Gasteiger partial charge in [-0.05, 0) is 12.1 Å². The summed E-state index contributed by atoms with van der Waals surface area (Å²) in [6.07, 6.45) is 3.74. The number of benzene rings is 1. The molecule has 0 saturated carbocycles. The van der Waals surface area contributed by atoms with Crippen molar-refractivity contribution in [1.82, 2.24) is 14.9 Å². The number of carbonyl (C=O) groups excluding carboxylic acids is 1. The molecule has 26 heavy (non-hydrogen) atoms. The largest absolute Gasteiger partial charge is 0.481 e. The fourth-order valence-electron chi connectivity index (χ4n) is 2.62. The van der Waals surface area contributed by atoms with Crippen LogP contribution in [0, 0.1) is 5.82 Å². The summed E-state index contributed by atoms with van der Waals surface area (Å²) in [4.78, 5) is 24.2. The first-order valence-corrected chi connectivity index (χ1v) is 8.34. The number of ether oxygens (including phenoxy) is 2. The van der Waals surface area contributed by atoms with Crippen LogP contribution in [0.4, 0.5) is 10.2 Å². The van der Waals surface area contributed by atoms with Crippen molar-refractivity contribution in [2.24, 2.45) is 0 Å². The Morgan fingerprint density at radius 3 is 2.92 bits per heavy atom. The van der Waals surface area contributed by atoms with E-state index in [0.29, 0.717) is 31.2 Å². The minimum Gasteiger partial charge on any atom is -0.481 e. The number of amides is 1. The summed E-state index contributed by atoms with van der Waals surface area (Å²) in [6.45, 7) is 0.793. The fraction of sp³-hybridized carbons (Fsp3) is 0.389. The lowest BCUT2D eigenvalue weighted by Crippen LogP contribution is -2.34. The second-order valence-electron chi connectivity index (χ2n) is 6.20. The van der Waals surface area contributed by atoms with Gasteiger partial charge in [0, 0.05) is 27.1 Å². The number of rotatable bonds is 6. The van der Waals surface area contributed by atoms with Crippen molar-refractivity contribution in [3.63, 3.8) is 0 Å². The Morgan fingerprint density at radius 1 is 1.35 bits per heavy atom. The fourth-order valence-corrected chi connectivity index (χ4v) is 2.62. The second-order valence-corrected chi connectivity index (χ2v) is 6.20. The average Bonchev–Trinajstić information content (AvgIpc) is 3.09. The number of likely N-dealkylation sites (tertiary alicyclic amines) is 1. The maximum absolute atomic E-state index is 13.5. The summed E-state index contributed by atoms with van der Waals surface area (Å²) < 4.78 is 24.6. The third-order valence-corrected chi connectivity index (χ3v) is 4.03. The van der Waals surface area contributed by atoms with E-state index in [1.54, 1.807) is 29.4 Å². The zero-order valence-electron chi connectivity index (χ0n) is 14.8. The maximum Gasteiger partial charge on any atom is 0.260 e. The first kappa shape index (κ1) is 17.9. The molecule has 0 aliphatic carbocycles. The summed E-state index contributed by atoms with van der Waals surface area (Å²) in [7, 11) is 3.75. The highest BCUT2D eigenvalue weighted by Gasteiger charge is 2.28. The van der Waals surface area contributed by atoms with Crippen LogP contribution in [0.3, 0.4) is 0 Å². The Kier molecular flexibility index (Phi) is 5.50. The minimum atomic E-state index is -0.484. The van der Waals surface area contributed by atoms with Gasteiger partial charge in [0.2, 0.25) is 5.88 Å². The molecule has 0 unspecified atom stereocenters. The van der Waals surface area contributed by atoms with Gasteiger partial charge in [-0.1, -0.05) is 12.1 Å². The van der Waals surface area contributed by atoms with Gasteiger partial charge in [0.05, 0.1) is 18.9 Å². The smallest absolute Gasteiger partial charge is 0.260 e. The highest BCUT2D eigenvalue weighted by atomic mass is 19.1. The van der Waals surface area contributed by atoms with Gasteiger partial charge < -0.3 is 19.3 Å². The van der Waals surface area contributed by atoms with Crippen LogP contribution >= 0.6 is 0 Å². The molecule has 138 valence electrons. The SMILES string of the molecule is CN(C)c1cncc(O[C@@H]2CCN(C(=O)COc3ccccc3F)C2)n1. The summed E-state index contributed by atoms with van der Waals surface area (Å²) in [5.41, 5.74) is 0. The van der Waals surface area contributed by atoms with Crippen LogP contribution in [0.2, 0.25) is 0 Å². The molecule has 0 N–H and O–H groups in total. The van der Waals surface area contributed by atoms with Crippen LogP contribution in [0.25, 0.3) is 0 Å². The topological polar surface area (TPSA) is 67.8 Å². The molecule has 1 saturated heterocycles. The van der Waals surface area contributed by atoms with Crippen molar-refractivity contribution in [2.75, 3.05) is 38.7 Å². The summed E-state index contributed by atoms with van der Waals surface area (Å²) in [6, 6.07) is 6.02. The van der Waals surface area contributed by atoms with Gasteiger partial charge in [-0.3, -0.25) is 9.78 Å². The molecule has 1 atom stereocenters. The van der Waals surface area contributed by atoms with E-state index in [1.807, 2.05) is 19.0 Å². The second kappa shape index (κ2) is 7.99. The van der Waals surface area contributed by atoms with Crippen LogP contribution in [-0.4, -0.2) is 60.7 Å². The van der Waals surface area contributed by atoms with Crippen molar-refractivity contribution in [1.29, 1.82) is 0 Å². The molecule has 1 aliphatic rings. The summed E-state index contributed by atoms with van der Waals surface area (Å²) >= 11 is 0. The van der Waals surface area contributed by atoms with Gasteiger partial charge in [-0.15, -0.1) is 0 Å². The lowest BCUT2D eigenvalue weighted by atomic mass is 10.3. The van der Waals surface area contributed by atoms with Crippen LogP contribution < -0.4 is 14.4 Å². The predicted molar refractivity (Wildman–Crippen MR) is 93.9 cm³/mol. The van der Waals surface area contributed by atoms with Gasteiger partial charge >= 0.3 is 0 Å². The number of hydrogen-bond acceptors (Lipinski definition) is 6. The molecule has 1 fully saturated rings. The molecular formula is C18H21FN4O3.